The van der Waals surface area contributed by atoms with Gasteiger partial charge in [-0.1, -0.05) is 24.3 Å². The van der Waals surface area contributed by atoms with E-state index in [9.17, 15) is 4.79 Å². The van der Waals surface area contributed by atoms with E-state index in [0.29, 0.717) is 17.9 Å². The van der Waals surface area contributed by atoms with Gasteiger partial charge in [-0.25, -0.2) is 0 Å². The Morgan fingerprint density at radius 2 is 2.08 bits per heavy atom. The van der Waals surface area contributed by atoms with E-state index in [1.54, 1.807) is 6.92 Å². The Morgan fingerprint density at radius 3 is 2.85 bits per heavy atom. The zero-order valence-corrected chi connectivity index (χ0v) is 7.86. The molecule has 1 fully saturated rings. The highest BCUT2D eigenvalue weighted by Crippen LogP contribution is 2.35. The zero-order valence-electron chi connectivity index (χ0n) is 7.86. The molecule has 2 aliphatic carbocycles. The first kappa shape index (κ1) is 8.54. The third-order valence-electron chi connectivity index (χ3n) is 2.96. The lowest BCUT2D eigenvalue weighted by Gasteiger charge is -2.22. The number of amides is 1. The maximum Gasteiger partial charge on any atom is 0.217 e. The summed E-state index contributed by atoms with van der Waals surface area (Å²) in [6.45, 7) is 1.59. The summed E-state index contributed by atoms with van der Waals surface area (Å²) in [5, 5.41) is 3.02. The molecule has 2 rings (SSSR count). The van der Waals surface area contributed by atoms with Gasteiger partial charge in [0.15, 0.2) is 0 Å². The number of allylic oxidation sites excluding steroid dienone is 3. The second kappa shape index (κ2) is 3.36. The van der Waals surface area contributed by atoms with E-state index in [2.05, 4.69) is 29.6 Å². The van der Waals surface area contributed by atoms with Crippen molar-refractivity contribution >= 4 is 5.91 Å². The maximum absolute atomic E-state index is 10.9. The van der Waals surface area contributed by atoms with Crippen LogP contribution in [0.3, 0.4) is 0 Å². The Labute approximate surface area is 78.7 Å². The van der Waals surface area contributed by atoms with E-state index in [4.69, 9.17) is 0 Å². The number of nitrogens with one attached hydrogen (secondary N) is 1. The summed E-state index contributed by atoms with van der Waals surface area (Å²) in [5.41, 5.74) is 0. The molecule has 2 aliphatic rings. The number of hydrogen-bond donors (Lipinski definition) is 1. The Morgan fingerprint density at radius 1 is 1.31 bits per heavy atom. The lowest BCUT2D eigenvalue weighted by Crippen LogP contribution is -2.36. The van der Waals surface area contributed by atoms with E-state index < -0.39 is 0 Å². The molecular weight excluding hydrogens is 162 g/mol. The van der Waals surface area contributed by atoms with Crippen molar-refractivity contribution in [2.45, 2.75) is 25.8 Å². The van der Waals surface area contributed by atoms with E-state index in [0.717, 1.165) is 6.42 Å². The molecule has 0 heterocycles. The van der Waals surface area contributed by atoms with Gasteiger partial charge in [-0.2, -0.15) is 0 Å². The molecule has 1 amide bonds. The lowest BCUT2D eigenvalue weighted by molar-refractivity contribution is -0.119. The van der Waals surface area contributed by atoms with Gasteiger partial charge in [0, 0.05) is 18.9 Å². The van der Waals surface area contributed by atoms with Crippen LogP contribution in [0.4, 0.5) is 0 Å². The molecule has 0 bridgehead atoms. The van der Waals surface area contributed by atoms with Gasteiger partial charge in [-0.05, 0) is 18.8 Å². The van der Waals surface area contributed by atoms with Crippen LogP contribution in [0.2, 0.25) is 0 Å². The van der Waals surface area contributed by atoms with Crippen molar-refractivity contribution in [2.24, 2.45) is 11.8 Å². The summed E-state index contributed by atoms with van der Waals surface area (Å²) in [6, 6.07) is 0.365. The number of carbonyl (C=O) groups excluding carboxylic acids is 1. The summed E-state index contributed by atoms with van der Waals surface area (Å²) < 4.78 is 0. The van der Waals surface area contributed by atoms with Crippen LogP contribution < -0.4 is 5.32 Å². The molecule has 2 nitrogen and oxygen atoms in total. The number of hydrogen-bond acceptors (Lipinski definition) is 1. The summed E-state index contributed by atoms with van der Waals surface area (Å²) in [7, 11) is 0. The molecule has 0 aromatic rings. The van der Waals surface area contributed by atoms with Crippen LogP contribution in [-0.2, 0) is 4.79 Å². The Kier molecular flexibility index (Phi) is 2.21. The normalized spacial score (nSPS) is 35.9. The molecule has 13 heavy (non-hydrogen) atoms. The SMILES string of the molecule is CC(=O)N[C@@H]1CCC2C=CC=CC21. The third-order valence-corrected chi connectivity index (χ3v) is 2.96. The van der Waals surface area contributed by atoms with Crippen molar-refractivity contribution in [3.8, 4) is 0 Å². The van der Waals surface area contributed by atoms with E-state index in [1.807, 2.05) is 0 Å². The van der Waals surface area contributed by atoms with Crippen molar-refractivity contribution in [2.75, 3.05) is 0 Å². The molecule has 0 radical (unpaired) electrons. The fraction of sp³-hybridized carbons (Fsp3) is 0.545. The van der Waals surface area contributed by atoms with Crippen LogP contribution in [0.15, 0.2) is 24.3 Å². The van der Waals surface area contributed by atoms with Crippen LogP contribution in [0.1, 0.15) is 19.8 Å². The molecule has 0 aromatic carbocycles. The molecule has 1 saturated carbocycles. The molecule has 1 N–H and O–H groups in total. The molecule has 0 aliphatic heterocycles. The maximum atomic E-state index is 10.9. The molecule has 2 unspecified atom stereocenters. The summed E-state index contributed by atoms with van der Waals surface area (Å²) in [5.74, 6) is 1.28. The molecule has 0 spiro atoms. The number of rotatable bonds is 1. The Balaban J connectivity index is 2.04. The number of carbonyl (C=O) groups is 1. The predicted octanol–water partition coefficient (Wildman–Crippen LogP) is 1.64. The smallest absolute Gasteiger partial charge is 0.217 e. The van der Waals surface area contributed by atoms with Crippen LogP contribution >= 0.6 is 0 Å². The van der Waals surface area contributed by atoms with Gasteiger partial charge < -0.3 is 5.32 Å². The second-order valence-corrected chi connectivity index (χ2v) is 3.90. The zero-order chi connectivity index (χ0) is 9.26. The molecule has 3 atom stereocenters. The standard InChI is InChI=1S/C11H15NO/c1-8(13)12-11-7-6-9-4-2-3-5-10(9)11/h2-5,9-11H,6-7H2,1H3,(H,12,13)/t9?,10?,11-/m1/s1. The molecule has 70 valence electrons. The van der Waals surface area contributed by atoms with Gasteiger partial charge in [0.1, 0.15) is 0 Å². The van der Waals surface area contributed by atoms with Gasteiger partial charge in [-0.15, -0.1) is 0 Å². The minimum atomic E-state index is 0.0913. The Hall–Kier alpha value is -1.05. The fourth-order valence-electron chi connectivity index (χ4n) is 2.39. The van der Waals surface area contributed by atoms with Gasteiger partial charge >= 0.3 is 0 Å². The highest BCUT2D eigenvalue weighted by molar-refractivity contribution is 5.73. The highest BCUT2D eigenvalue weighted by atomic mass is 16.1. The summed E-state index contributed by atoms with van der Waals surface area (Å²) in [6.07, 6.45) is 11.0. The van der Waals surface area contributed by atoms with Gasteiger partial charge in [0.25, 0.3) is 0 Å². The number of fused-ring (bicyclic) bond motifs is 1. The van der Waals surface area contributed by atoms with Crippen molar-refractivity contribution in [3.05, 3.63) is 24.3 Å². The van der Waals surface area contributed by atoms with Crippen LogP contribution in [0.5, 0.6) is 0 Å². The van der Waals surface area contributed by atoms with Crippen LogP contribution in [-0.4, -0.2) is 11.9 Å². The summed E-state index contributed by atoms with van der Waals surface area (Å²) in [4.78, 5) is 10.9. The van der Waals surface area contributed by atoms with E-state index in [1.165, 1.54) is 6.42 Å². The van der Waals surface area contributed by atoms with Gasteiger partial charge in [0.2, 0.25) is 5.91 Å². The van der Waals surface area contributed by atoms with Crippen molar-refractivity contribution in [1.29, 1.82) is 0 Å². The molecule has 0 aromatic heterocycles. The first-order chi connectivity index (χ1) is 6.27. The quantitative estimate of drug-likeness (QED) is 0.648. The molecule has 0 saturated heterocycles. The minimum absolute atomic E-state index is 0.0913. The lowest BCUT2D eigenvalue weighted by atomic mass is 9.90. The molecule has 2 heteroatoms. The average molecular weight is 177 g/mol. The van der Waals surface area contributed by atoms with Crippen molar-refractivity contribution < 1.29 is 4.79 Å². The van der Waals surface area contributed by atoms with Crippen molar-refractivity contribution in [1.82, 2.24) is 5.32 Å². The monoisotopic (exact) mass is 177 g/mol. The minimum Gasteiger partial charge on any atom is -0.353 e. The third kappa shape index (κ3) is 1.67. The van der Waals surface area contributed by atoms with Gasteiger partial charge in [-0.3, -0.25) is 4.79 Å². The highest BCUT2D eigenvalue weighted by Gasteiger charge is 2.33. The first-order valence-corrected chi connectivity index (χ1v) is 4.89. The summed E-state index contributed by atoms with van der Waals surface area (Å²) >= 11 is 0. The van der Waals surface area contributed by atoms with Crippen LogP contribution in [0, 0.1) is 11.8 Å². The van der Waals surface area contributed by atoms with Crippen LogP contribution in [0.25, 0.3) is 0 Å². The van der Waals surface area contributed by atoms with Gasteiger partial charge in [0.05, 0.1) is 0 Å². The fourth-order valence-corrected chi connectivity index (χ4v) is 2.39. The van der Waals surface area contributed by atoms with Crippen molar-refractivity contribution in [3.63, 3.8) is 0 Å². The average Bonchev–Trinajstić information content (AvgIpc) is 2.48. The largest absolute Gasteiger partial charge is 0.353 e. The molecular formula is C11H15NO. The first-order valence-electron chi connectivity index (χ1n) is 4.89. The van der Waals surface area contributed by atoms with E-state index >= 15 is 0 Å². The van der Waals surface area contributed by atoms with E-state index in [-0.39, 0.29) is 5.91 Å². The predicted molar refractivity (Wildman–Crippen MR) is 52.1 cm³/mol. The topological polar surface area (TPSA) is 29.1 Å². The Bertz CT molecular complexity index is 267. The second-order valence-electron chi connectivity index (χ2n) is 3.90.